The Kier molecular flexibility index (Phi) is 3.07. The van der Waals surface area contributed by atoms with Gasteiger partial charge in [0.05, 0.1) is 11.9 Å². The van der Waals surface area contributed by atoms with Crippen molar-refractivity contribution in [2.75, 3.05) is 0 Å². The average molecular weight is 239 g/mol. The molecule has 1 saturated carbocycles. The first-order valence-electron chi connectivity index (χ1n) is 6.42. The molecule has 0 amide bonds. The van der Waals surface area contributed by atoms with Crippen LogP contribution in [-0.4, -0.2) is 16.0 Å². The van der Waals surface area contributed by atoms with Gasteiger partial charge in [-0.05, 0) is 30.9 Å². The standard InChI is InChI=1S/C15H17N3/c1-11-8-12(9-18-13-3-4-13)2-5-14(11)15-10-16-6-7-17-15/h2,5-8,10,13,18H,3-4,9H2,1H3. The first kappa shape index (κ1) is 11.4. The Bertz CT molecular complexity index is 533. The summed E-state index contributed by atoms with van der Waals surface area (Å²) < 4.78 is 0. The highest BCUT2D eigenvalue weighted by atomic mass is 14.9. The molecule has 0 unspecified atom stereocenters. The summed E-state index contributed by atoms with van der Waals surface area (Å²) in [6, 6.07) is 7.31. The van der Waals surface area contributed by atoms with Gasteiger partial charge >= 0.3 is 0 Å². The third kappa shape index (κ3) is 2.57. The zero-order valence-corrected chi connectivity index (χ0v) is 10.6. The van der Waals surface area contributed by atoms with Crippen molar-refractivity contribution in [3.63, 3.8) is 0 Å². The lowest BCUT2D eigenvalue weighted by Gasteiger charge is -2.08. The Labute approximate surface area is 107 Å². The van der Waals surface area contributed by atoms with Crippen LogP contribution in [-0.2, 0) is 6.54 Å². The molecular weight excluding hydrogens is 222 g/mol. The first-order chi connectivity index (χ1) is 8.83. The summed E-state index contributed by atoms with van der Waals surface area (Å²) in [6.45, 7) is 3.09. The highest BCUT2D eigenvalue weighted by Gasteiger charge is 2.19. The second-order valence-corrected chi connectivity index (χ2v) is 4.90. The zero-order valence-electron chi connectivity index (χ0n) is 10.6. The minimum Gasteiger partial charge on any atom is -0.310 e. The average Bonchev–Trinajstić information content (AvgIpc) is 3.21. The fourth-order valence-corrected chi connectivity index (χ4v) is 2.11. The van der Waals surface area contributed by atoms with Crippen LogP contribution in [0.2, 0.25) is 0 Å². The first-order valence-corrected chi connectivity index (χ1v) is 6.42. The second-order valence-electron chi connectivity index (χ2n) is 4.90. The Hall–Kier alpha value is -1.74. The van der Waals surface area contributed by atoms with Gasteiger partial charge in [0, 0.05) is 30.5 Å². The summed E-state index contributed by atoms with van der Waals surface area (Å²) in [5.74, 6) is 0. The lowest BCUT2D eigenvalue weighted by Crippen LogP contribution is -2.15. The van der Waals surface area contributed by atoms with E-state index in [1.807, 2.05) is 6.20 Å². The maximum Gasteiger partial charge on any atom is 0.0887 e. The van der Waals surface area contributed by atoms with E-state index < -0.39 is 0 Å². The van der Waals surface area contributed by atoms with Crippen molar-refractivity contribution < 1.29 is 0 Å². The highest BCUT2D eigenvalue weighted by molar-refractivity contribution is 5.62. The van der Waals surface area contributed by atoms with Crippen molar-refractivity contribution in [3.05, 3.63) is 47.9 Å². The van der Waals surface area contributed by atoms with Crippen LogP contribution in [0.3, 0.4) is 0 Å². The molecule has 92 valence electrons. The Balaban J connectivity index is 1.80. The topological polar surface area (TPSA) is 37.8 Å². The quantitative estimate of drug-likeness (QED) is 0.891. The summed E-state index contributed by atoms with van der Waals surface area (Å²) in [5.41, 5.74) is 4.70. The normalized spacial score (nSPS) is 14.7. The fraction of sp³-hybridized carbons (Fsp3) is 0.333. The second kappa shape index (κ2) is 4.86. The highest BCUT2D eigenvalue weighted by Crippen LogP contribution is 2.23. The van der Waals surface area contributed by atoms with Gasteiger partial charge in [-0.2, -0.15) is 0 Å². The molecule has 0 spiro atoms. The number of hydrogen-bond donors (Lipinski definition) is 1. The van der Waals surface area contributed by atoms with Crippen molar-refractivity contribution in [2.45, 2.75) is 32.4 Å². The molecule has 3 heteroatoms. The number of aryl methyl sites for hydroxylation is 1. The van der Waals surface area contributed by atoms with Crippen molar-refractivity contribution in [1.29, 1.82) is 0 Å². The molecule has 0 bridgehead atoms. The monoisotopic (exact) mass is 239 g/mol. The third-order valence-electron chi connectivity index (χ3n) is 3.30. The lowest BCUT2D eigenvalue weighted by molar-refractivity contribution is 0.687. The predicted molar refractivity (Wildman–Crippen MR) is 72.1 cm³/mol. The van der Waals surface area contributed by atoms with Crippen LogP contribution in [0.4, 0.5) is 0 Å². The van der Waals surface area contributed by atoms with Crippen LogP contribution in [0.25, 0.3) is 11.3 Å². The predicted octanol–water partition coefficient (Wildman–Crippen LogP) is 2.70. The maximum absolute atomic E-state index is 4.35. The van der Waals surface area contributed by atoms with E-state index in [0.717, 1.165) is 18.3 Å². The molecular formula is C15H17N3. The SMILES string of the molecule is Cc1cc(CNC2CC2)ccc1-c1cnccn1. The fourth-order valence-electron chi connectivity index (χ4n) is 2.11. The Morgan fingerprint density at radius 3 is 2.83 bits per heavy atom. The van der Waals surface area contributed by atoms with Crippen molar-refractivity contribution in [1.82, 2.24) is 15.3 Å². The van der Waals surface area contributed by atoms with Gasteiger partial charge in [-0.1, -0.05) is 18.2 Å². The molecule has 0 atom stereocenters. The van der Waals surface area contributed by atoms with Crippen LogP contribution in [0.5, 0.6) is 0 Å². The summed E-state index contributed by atoms with van der Waals surface area (Å²) >= 11 is 0. The number of nitrogens with one attached hydrogen (secondary N) is 1. The Morgan fingerprint density at radius 1 is 1.28 bits per heavy atom. The number of rotatable bonds is 4. The number of hydrogen-bond acceptors (Lipinski definition) is 3. The summed E-state index contributed by atoms with van der Waals surface area (Å²) in [6.07, 6.45) is 7.90. The molecule has 18 heavy (non-hydrogen) atoms. The number of benzene rings is 1. The molecule has 1 aromatic heterocycles. The van der Waals surface area contributed by atoms with Crippen LogP contribution >= 0.6 is 0 Å². The molecule has 1 fully saturated rings. The lowest BCUT2D eigenvalue weighted by atomic mass is 10.0. The van der Waals surface area contributed by atoms with E-state index in [-0.39, 0.29) is 0 Å². The van der Waals surface area contributed by atoms with Gasteiger partial charge in [0.15, 0.2) is 0 Å². The molecule has 3 rings (SSSR count). The number of nitrogens with zero attached hydrogens (tertiary/aromatic N) is 2. The molecule has 2 aromatic rings. The molecule has 1 aliphatic carbocycles. The molecule has 0 saturated heterocycles. The van der Waals surface area contributed by atoms with E-state index in [0.29, 0.717) is 0 Å². The van der Waals surface area contributed by atoms with E-state index in [1.54, 1.807) is 12.4 Å². The van der Waals surface area contributed by atoms with Gasteiger partial charge in [0.2, 0.25) is 0 Å². The van der Waals surface area contributed by atoms with Crippen molar-refractivity contribution >= 4 is 0 Å². The van der Waals surface area contributed by atoms with Gasteiger partial charge in [-0.25, -0.2) is 0 Å². The van der Waals surface area contributed by atoms with Gasteiger partial charge < -0.3 is 5.32 Å². The van der Waals surface area contributed by atoms with E-state index in [2.05, 4.69) is 40.4 Å². The largest absolute Gasteiger partial charge is 0.310 e. The maximum atomic E-state index is 4.35. The van der Waals surface area contributed by atoms with Gasteiger partial charge in [0.25, 0.3) is 0 Å². The van der Waals surface area contributed by atoms with E-state index >= 15 is 0 Å². The van der Waals surface area contributed by atoms with Crippen LogP contribution < -0.4 is 5.32 Å². The summed E-state index contributed by atoms with van der Waals surface area (Å²) in [5, 5.41) is 3.53. The zero-order chi connectivity index (χ0) is 12.4. The molecule has 1 N–H and O–H groups in total. The third-order valence-corrected chi connectivity index (χ3v) is 3.30. The van der Waals surface area contributed by atoms with Gasteiger partial charge in [-0.3, -0.25) is 9.97 Å². The van der Waals surface area contributed by atoms with Crippen LogP contribution in [0.15, 0.2) is 36.8 Å². The van der Waals surface area contributed by atoms with Crippen molar-refractivity contribution in [3.8, 4) is 11.3 Å². The summed E-state index contributed by atoms with van der Waals surface area (Å²) in [7, 11) is 0. The smallest absolute Gasteiger partial charge is 0.0887 e. The Morgan fingerprint density at radius 2 is 2.17 bits per heavy atom. The number of aromatic nitrogens is 2. The van der Waals surface area contributed by atoms with Gasteiger partial charge in [0.1, 0.15) is 0 Å². The molecule has 1 heterocycles. The summed E-state index contributed by atoms with van der Waals surface area (Å²) in [4.78, 5) is 8.46. The molecule has 0 aliphatic heterocycles. The molecule has 3 nitrogen and oxygen atoms in total. The van der Waals surface area contributed by atoms with E-state index in [1.165, 1.54) is 29.5 Å². The van der Waals surface area contributed by atoms with Crippen LogP contribution in [0.1, 0.15) is 24.0 Å². The molecule has 1 aliphatic rings. The van der Waals surface area contributed by atoms with Crippen molar-refractivity contribution in [2.24, 2.45) is 0 Å². The van der Waals surface area contributed by atoms with E-state index in [9.17, 15) is 0 Å². The minimum absolute atomic E-state index is 0.755. The van der Waals surface area contributed by atoms with Gasteiger partial charge in [-0.15, -0.1) is 0 Å². The molecule has 1 aromatic carbocycles. The van der Waals surface area contributed by atoms with Crippen LogP contribution in [0, 0.1) is 6.92 Å². The minimum atomic E-state index is 0.755. The van der Waals surface area contributed by atoms with E-state index in [4.69, 9.17) is 0 Å². The molecule has 0 radical (unpaired) electrons.